The van der Waals surface area contributed by atoms with Gasteiger partial charge in [0.05, 0.1) is 16.1 Å². The van der Waals surface area contributed by atoms with Crippen LogP contribution in [0.5, 0.6) is 0 Å². The smallest absolute Gasteiger partial charge is 0.257 e. The maximum Gasteiger partial charge on any atom is 0.257 e. The molecule has 0 aliphatic heterocycles. The molecule has 1 aliphatic rings. The number of carbonyl (C=O) groups excluding carboxylic acids is 1. The van der Waals surface area contributed by atoms with Gasteiger partial charge in [0.25, 0.3) is 5.91 Å². The van der Waals surface area contributed by atoms with Crippen LogP contribution in [0, 0.1) is 28.9 Å². The van der Waals surface area contributed by atoms with Crippen molar-refractivity contribution < 1.29 is 13.6 Å². The first-order valence-electron chi connectivity index (χ1n) is 7.41. The van der Waals surface area contributed by atoms with Gasteiger partial charge in [-0.1, -0.05) is 18.5 Å². The van der Waals surface area contributed by atoms with E-state index >= 15 is 0 Å². The zero-order chi connectivity index (χ0) is 17.4. The van der Waals surface area contributed by atoms with E-state index in [4.69, 9.17) is 11.6 Å². The molecule has 3 nitrogen and oxygen atoms in total. The van der Waals surface area contributed by atoms with Crippen molar-refractivity contribution in [2.45, 2.75) is 26.2 Å². The lowest BCUT2D eigenvalue weighted by Gasteiger charge is -2.17. The second-order valence-electron chi connectivity index (χ2n) is 5.87. The van der Waals surface area contributed by atoms with Crippen LogP contribution in [0.3, 0.4) is 0 Å². The van der Waals surface area contributed by atoms with Crippen molar-refractivity contribution in [1.29, 1.82) is 5.26 Å². The lowest BCUT2D eigenvalue weighted by Crippen LogP contribution is -2.13. The first-order valence-corrected chi connectivity index (χ1v) is 8.60. The van der Waals surface area contributed by atoms with Crippen LogP contribution in [-0.4, -0.2) is 5.91 Å². The number of carbonyl (C=O) groups is 1. The Morgan fingerprint density at radius 2 is 2.12 bits per heavy atom. The van der Waals surface area contributed by atoms with Gasteiger partial charge in [-0.05, 0) is 42.9 Å². The van der Waals surface area contributed by atoms with E-state index < -0.39 is 17.5 Å². The zero-order valence-corrected chi connectivity index (χ0v) is 14.3. The Morgan fingerprint density at radius 3 is 2.83 bits per heavy atom. The fourth-order valence-electron chi connectivity index (χ4n) is 2.82. The molecule has 0 saturated carbocycles. The van der Waals surface area contributed by atoms with Crippen LogP contribution >= 0.6 is 22.9 Å². The minimum atomic E-state index is -1.15. The van der Waals surface area contributed by atoms with Crippen molar-refractivity contribution in [3.8, 4) is 6.07 Å². The summed E-state index contributed by atoms with van der Waals surface area (Å²) in [5.41, 5.74) is 1.26. The van der Waals surface area contributed by atoms with Crippen LogP contribution < -0.4 is 5.32 Å². The molecule has 1 amide bonds. The van der Waals surface area contributed by atoms with Crippen molar-refractivity contribution in [3.05, 3.63) is 50.4 Å². The molecule has 0 radical (unpaired) electrons. The molecular formula is C17H13ClF2N2OS. The molecule has 1 N–H and O–H groups in total. The maximum atomic E-state index is 13.4. The van der Waals surface area contributed by atoms with Crippen LogP contribution in [0.2, 0.25) is 5.02 Å². The number of benzene rings is 1. The Bertz CT molecular complexity index is 872. The number of nitrogens with one attached hydrogen (secondary N) is 1. The van der Waals surface area contributed by atoms with Gasteiger partial charge in [0.2, 0.25) is 0 Å². The molecular weight excluding hydrogens is 354 g/mol. The average molecular weight is 367 g/mol. The van der Waals surface area contributed by atoms with Crippen LogP contribution in [0.4, 0.5) is 13.8 Å². The maximum absolute atomic E-state index is 13.4. The van der Waals surface area contributed by atoms with E-state index in [1.54, 1.807) is 0 Å². The highest BCUT2D eigenvalue weighted by atomic mass is 35.5. The molecule has 1 aromatic carbocycles. The molecule has 7 heteroatoms. The molecule has 24 heavy (non-hydrogen) atoms. The Kier molecular flexibility index (Phi) is 4.57. The van der Waals surface area contributed by atoms with Crippen molar-refractivity contribution in [2.24, 2.45) is 5.92 Å². The number of thiophene rings is 1. The van der Waals surface area contributed by atoms with E-state index in [-0.39, 0.29) is 10.6 Å². The predicted molar refractivity (Wildman–Crippen MR) is 89.5 cm³/mol. The highest BCUT2D eigenvalue weighted by Crippen LogP contribution is 2.39. The van der Waals surface area contributed by atoms with Crippen molar-refractivity contribution >= 4 is 33.8 Å². The summed E-state index contributed by atoms with van der Waals surface area (Å²) < 4.78 is 26.5. The number of hydrogen-bond acceptors (Lipinski definition) is 3. The summed E-state index contributed by atoms with van der Waals surface area (Å²) in [6, 6.07) is 3.66. The summed E-state index contributed by atoms with van der Waals surface area (Å²) in [7, 11) is 0. The van der Waals surface area contributed by atoms with E-state index in [9.17, 15) is 18.8 Å². The third-order valence-corrected chi connectivity index (χ3v) is 5.59. The van der Waals surface area contributed by atoms with Gasteiger partial charge in [-0.3, -0.25) is 4.79 Å². The number of rotatable bonds is 2. The zero-order valence-electron chi connectivity index (χ0n) is 12.8. The quantitative estimate of drug-likeness (QED) is 0.766. The van der Waals surface area contributed by atoms with Gasteiger partial charge < -0.3 is 5.32 Å². The molecule has 1 unspecified atom stereocenters. The first kappa shape index (κ1) is 16.9. The Labute approximate surface area is 146 Å². The van der Waals surface area contributed by atoms with E-state index in [1.165, 1.54) is 11.3 Å². The molecule has 1 aromatic heterocycles. The minimum Gasteiger partial charge on any atom is -0.312 e. The Morgan fingerprint density at radius 1 is 1.42 bits per heavy atom. The third kappa shape index (κ3) is 3.02. The van der Waals surface area contributed by atoms with Gasteiger partial charge in [0.1, 0.15) is 11.1 Å². The van der Waals surface area contributed by atoms with Crippen LogP contribution in [0.25, 0.3) is 0 Å². The van der Waals surface area contributed by atoms with Gasteiger partial charge in [0.15, 0.2) is 11.6 Å². The van der Waals surface area contributed by atoms with Crippen LogP contribution in [0.1, 0.15) is 39.7 Å². The number of nitrogens with zero attached hydrogens (tertiary/aromatic N) is 1. The minimum absolute atomic E-state index is 0.167. The summed E-state index contributed by atoms with van der Waals surface area (Å²) in [5.74, 6) is -2.40. The molecule has 0 fully saturated rings. The monoisotopic (exact) mass is 366 g/mol. The second-order valence-corrected chi connectivity index (χ2v) is 7.38. The Hall–Kier alpha value is -1.97. The molecule has 124 valence electrons. The van der Waals surface area contributed by atoms with Crippen LogP contribution in [0.15, 0.2) is 12.1 Å². The SMILES string of the molecule is CC1CCc2c(sc(NC(=O)c3cc(F)c(F)cc3Cl)c2C#N)C1. The van der Waals surface area contributed by atoms with E-state index in [1.807, 2.05) is 0 Å². The Balaban J connectivity index is 1.93. The lowest BCUT2D eigenvalue weighted by atomic mass is 9.88. The summed E-state index contributed by atoms with van der Waals surface area (Å²) >= 11 is 7.19. The van der Waals surface area contributed by atoms with Crippen LogP contribution in [-0.2, 0) is 12.8 Å². The molecule has 0 saturated heterocycles. The molecule has 0 spiro atoms. The largest absolute Gasteiger partial charge is 0.312 e. The summed E-state index contributed by atoms with van der Waals surface area (Å²) in [6.07, 6.45) is 2.68. The topological polar surface area (TPSA) is 52.9 Å². The highest BCUT2D eigenvalue weighted by Gasteiger charge is 2.25. The van der Waals surface area contributed by atoms with Gasteiger partial charge in [-0.15, -0.1) is 11.3 Å². The van der Waals surface area contributed by atoms with Crippen molar-refractivity contribution in [3.63, 3.8) is 0 Å². The standard InChI is InChI=1S/C17H13ClF2N2OS/c1-8-2-3-9-11(7-21)17(24-15(9)4-8)22-16(23)10-5-13(19)14(20)6-12(10)18/h5-6,8H,2-4H2,1H3,(H,22,23). The number of amides is 1. The predicted octanol–water partition coefficient (Wildman–Crippen LogP) is 4.93. The number of anilines is 1. The normalized spacial score (nSPS) is 16.4. The summed E-state index contributed by atoms with van der Waals surface area (Å²) in [6.45, 7) is 2.15. The molecule has 1 heterocycles. The van der Waals surface area contributed by atoms with Crippen molar-refractivity contribution in [2.75, 3.05) is 5.32 Å². The molecule has 3 rings (SSSR count). The first-order chi connectivity index (χ1) is 11.4. The molecule has 0 bridgehead atoms. The van der Waals surface area contributed by atoms with E-state index in [0.717, 1.165) is 41.8 Å². The van der Waals surface area contributed by atoms with E-state index in [2.05, 4.69) is 18.3 Å². The fourth-order valence-corrected chi connectivity index (χ4v) is 4.42. The number of hydrogen-bond donors (Lipinski definition) is 1. The second kappa shape index (κ2) is 6.50. The molecule has 1 aliphatic carbocycles. The average Bonchev–Trinajstić information content (AvgIpc) is 2.86. The third-order valence-electron chi connectivity index (χ3n) is 4.11. The van der Waals surface area contributed by atoms with E-state index in [0.29, 0.717) is 16.5 Å². The van der Waals surface area contributed by atoms with Gasteiger partial charge in [-0.25, -0.2) is 8.78 Å². The molecule has 2 aromatic rings. The summed E-state index contributed by atoms with van der Waals surface area (Å²) in [5, 5.41) is 12.3. The van der Waals surface area contributed by atoms with Gasteiger partial charge in [0, 0.05) is 4.88 Å². The number of fused-ring (bicyclic) bond motifs is 1. The highest BCUT2D eigenvalue weighted by molar-refractivity contribution is 7.16. The van der Waals surface area contributed by atoms with Gasteiger partial charge >= 0.3 is 0 Å². The molecule has 1 atom stereocenters. The number of halogens is 3. The fraction of sp³-hybridized carbons (Fsp3) is 0.294. The number of nitriles is 1. The summed E-state index contributed by atoms with van der Waals surface area (Å²) in [4.78, 5) is 13.5. The van der Waals surface area contributed by atoms with Gasteiger partial charge in [-0.2, -0.15) is 5.26 Å². The lowest BCUT2D eigenvalue weighted by molar-refractivity contribution is 0.102. The van der Waals surface area contributed by atoms with Crippen molar-refractivity contribution in [1.82, 2.24) is 0 Å².